The smallest absolute Gasteiger partial charge is 0.122 e. The van der Waals surface area contributed by atoms with Crippen molar-refractivity contribution in [1.29, 1.82) is 0 Å². The first-order chi connectivity index (χ1) is 7.24. The largest absolute Gasteiger partial charge is 0.496 e. The molecule has 2 nitrogen and oxygen atoms in total. The van der Waals surface area contributed by atoms with Gasteiger partial charge in [0.05, 0.1) is 7.11 Å². The molecule has 82 valence electrons. The van der Waals surface area contributed by atoms with Crippen molar-refractivity contribution in [3.05, 3.63) is 29.8 Å². The van der Waals surface area contributed by atoms with Crippen LogP contribution in [0.3, 0.4) is 0 Å². The van der Waals surface area contributed by atoms with Crippen LogP contribution in [0.5, 0.6) is 5.75 Å². The van der Waals surface area contributed by atoms with Gasteiger partial charge in [0, 0.05) is 17.5 Å². The fourth-order valence-electron chi connectivity index (χ4n) is 2.65. The van der Waals surface area contributed by atoms with Gasteiger partial charge in [-0.05, 0) is 24.8 Å². The SMILES string of the molecule is COc1ccccc1C1(CN)CCC1C. The Labute approximate surface area is 91.4 Å². The maximum Gasteiger partial charge on any atom is 0.122 e. The lowest BCUT2D eigenvalue weighted by atomic mass is 9.57. The molecule has 1 aliphatic rings. The van der Waals surface area contributed by atoms with Crippen molar-refractivity contribution in [1.82, 2.24) is 0 Å². The van der Waals surface area contributed by atoms with Crippen LogP contribution >= 0.6 is 0 Å². The normalized spacial score (nSPS) is 29.7. The molecule has 0 amide bonds. The van der Waals surface area contributed by atoms with Crippen LogP contribution in [0.2, 0.25) is 0 Å². The number of hydrogen-bond acceptors (Lipinski definition) is 2. The summed E-state index contributed by atoms with van der Waals surface area (Å²) in [6.07, 6.45) is 2.46. The van der Waals surface area contributed by atoms with Gasteiger partial charge >= 0.3 is 0 Å². The zero-order valence-corrected chi connectivity index (χ0v) is 9.49. The summed E-state index contributed by atoms with van der Waals surface area (Å²) in [4.78, 5) is 0. The Morgan fingerprint density at radius 3 is 2.67 bits per heavy atom. The molecule has 0 saturated heterocycles. The number of benzene rings is 1. The number of nitrogens with two attached hydrogens (primary N) is 1. The molecule has 2 unspecified atom stereocenters. The second kappa shape index (κ2) is 3.86. The summed E-state index contributed by atoms with van der Waals surface area (Å²) in [5.41, 5.74) is 7.40. The molecular weight excluding hydrogens is 186 g/mol. The van der Waals surface area contributed by atoms with Gasteiger partial charge in [0.15, 0.2) is 0 Å². The number of ether oxygens (including phenoxy) is 1. The van der Waals surface area contributed by atoms with Crippen molar-refractivity contribution < 1.29 is 4.74 Å². The van der Waals surface area contributed by atoms with Crippen LogP contribution in [0.4, 0.5) is 0 Å². The van der Waals surface area contributed by atoms with Gasteiger partial charge in [0.25, 0.3) is 0 Å². The van der Waals surface area contributed by atoms with Gasteiger partial charge in [0.2, 0.25) is 0 Å². The first kappa shape index (κ1) is 10.5. The highest BCUT2D eigenvalue weighted by Crippen LogP contribution is 2.50. The van der Waals surface area contributed by atoms with E-state index in [4.69, 9.17) is 10.5 Å². The maximum absolute atomic E-state index is 5.96. The first-order valence-electron chi connectivity index (χ1n) is 5.58. The van der Waals surface area contributed by atoms with E-state index in [1.807, 2.05) is 12.1 Å². The number of hydrogen-bond donors (Lipinski definition) is 1. The highest BCUT2D eigenvalue weighted by Gasteiger charge is 2.45. The predicted molar refractivity (Wildman–Crippen MR) is 62.1 cm³/mol. The average molecular weight is 205 g/mol. The van der Waals surface area contributed by atoms with E-state index in [1.54, 1.807) is 7.11 Å². The summed E-state index contributed by atoms with van der Waals surface area (Å²) in [6.45, 7) is 3.00. The molecule has 1 fully saturated rings. The summed E-state index contributed by atoms with van der Waals surface area (Å²) in [5.74, 6) is 1.65. The minimum Gasteiger partial charge on any atom is -0.496 e. The Hall–Kier alpha value is -1.02. The molecule has 0 bridgehead atoms. The van der Waals surface area contributed by atoms with Crippen LogP contribution in [0.15, 0.2) is 24.3 Å². The maximum atomic E-state index is 5.96. The Balaban J connectivity index is 2.43. The molecule has 2 N–H and O–H groups in total. The molecule has 0 aliphatic heterocycles. The van der Waals surface area contributed by atoms with Gasteiger partial charge in [-0.25, -0.2) is 0 Å². The van der Waals surface area contributed by atoms with E-state index in [0.717, 1.165) is 5.75 Å². The Bertz CT molecular complexity index is 346. The highest BCUT2D eigenvalue weighted by molar-refractivity contribution is 5.42. The fraction of sp³-hybridized carbons (Fsp3) is 0.538. The zero-order valence-electron chi connectivity index (χ0n) is 9.49. The van der Waals surface area contributed by atoms with Crippen molar-refractivity contribution in [3.8, 4) is 5.75 Å². The molecule has 0 aromatic heterocycles. The van der Waals surface area contributed by atoms with Crippen molar-refractivity contribution >= 4 is 0 Å². The minimum absolute atomic E-state index is 0.159. The van der Waals surface area contributed by atoms with Crippen LogP contribution in [-0.2, 0) is 5.41 Å². The molecule has 1 aromatic rings. The molecule has 2 rings (SSSR count). The van der Waals surface area contributed by atoms with Gasteiger partial charge < -0.3 is 10.5 Å². The topological polar surface area (TPSA) is 35.2 Å². The monoisotopic (exact) mass is 205 g/mol. The third-order valence-corrected chi connectivity index (χ3v) is 3.97. The van der Waals surface area contributed by atoms with Crippen LogP contribution in [0.1, 0.15) is 25.3 Å². The van der Waals surface area contributed by atoms with Gasteiger partial charge in [0.1, 0.15) is 5.75 Å². The van der Waals surface area contributed by atoms with E-state index in [-0.39, 0.29) is 5.41 Å². The lowest BCUT2D eigenvalue weighted by molar-refractivity contribution is 0.142. The third kappa shape index (κ3) is 1.44. The van der Waals surface area contributed by atoms with Crippen LogP contribution in [0, 0.1) is 5.92 Å². The Morgan fingerprint density at radius 1 is 1.47 bits per heavy atom. The Kier molecular flexibility index (Phi) is 2.70. The quantitative estimate of drug-likeness (QED) is 0.822. The van der Waals surface area contributed by atoms with E-state index in [2.05, 4.69) is 19.1 Å². The van der Waals surface area contributed by atoms with Gasteiger partial charge in [-0.2, -0.15) is 0 Å². The lowest BCUT2D eigenvalue weighted by Crippen LogP contribution is -2.48. The molecule has 0 heterocycles. The van der Waals surface area contributed by atoms with Crippen molar-refractivity contribution in [3.63, 3.8) is 0 Å². The van der Waals surface area contributed by atoms with E-state index in [1.165, 1.54) is 18.4 Å². The average Bonchev–Trinajstić information content (AvgIpc) is 2.29. The Morgan fingerprint density at radius 2 is 2.20 bits per heavy atom. The predicted octanol–water partition coefficient (Wildman–Crippen LogP) is 2.32. The van der Waals surface area contributed by atoms with E-state index < -0.39 is 0 Å². The molecule has 0 spiro atoms. The molecule has 2 heteroatoms. The van der Waals surface area contributed by atoms with Crippen LogP contribution < -0.4 is 10.5 Å². The second-order valence-electron chi connectivity index (χ2n) is 4.50. The van der Waals surface area contributed by atoms with Gasteiger partial charge in [-0.15, -0.1) is 0 Å². The van der Waals surface area contributed by atoms with E-state index >= 15 is 0 Å². The molecule has 0 radical (unpaired) electrons. The van der Waals surface area contributed by atoms with Crippen LogP contribution in [-0.4, -0.2) is 13.7 Å². The second-order valence-corrected chi connectivity index (χ2v) is 4.50. The molecular formula is C13H19NO. The van der Waals surface area contributed by atoms with E-state index in [9.17, 15) is 0 Å². The highest BCUT2D eigenvalue weighted by atomic mass is 16.5. The summed E-state index contributed by atoms with van der Waals surface area (Å²) in [5, 5.41) is 0. The van der Waals surface area contributed by atoms with Crippen molar-refractivity contribution in [2.45, 2.75) is 25.2 Å². The number of rotatable bonds is 3. The van der Waals surface area contributed by atoms with Crippen molar-refractivity contribution in [2.24, 2.45) is 11.7 Å². The van der Waals surface area contributed by atoms with Gasteiger partial charge in [-0.1, -0.05) is 25.1 Å². The van der Waals surface area contributed by atoms with Gasteiger partial charge in [-0.3, -0.25) is 0 Å². The molecule has 1 saturated carbocycles. The standard InChI is InChI=1S/C13H19NO/c1-10-7-8-13(10,9-14)11-5-3-4-6-12(11)15-2/h3-6,10H,7-9,14H2,1-2H3. The summed E-state index contributed by atoms with van der Waals surface area (Å²) < 4.78 is 5.42. The summed E-state index contributed by atoms with van der Waals surface area (Å²) in [7, 11) is 1.73. The lowest BCUT2D eigenvalue weighted by Gasteiger charge is -2.48. The third-order valence-electron chi connectivity index (χ3n) is 3.97. The summed E-state index contributed by atoms with van der Waals surface area (Å²) in [6, 6.07) is 8.26. The summed E-state index contributed by atoms with van der Waals surface area (Å²) >= 11 is 0. The molecule has 2 atom stereocenters. The molecule has 1 aliphatic carbocycles. The first-order valence-corrected chi connectivity index (χ1v) is 5.58. The molecule has 15 heavy (non-hydrogen) atoms. The number of methoxy groups -OCH3 is 1. The number of para-hydroxylation sites is 1. The van der Waals surface area contributed by atoms with E-state index in [0.29, 0.717) is 12.5 Å². The zero-order chi connectivity index (χ0) is 10.9. The van der Waals surface area contributed by atoms with Crippen molar-refractivity contribution in [2.75, 3.05) is 13.7 Å². The molecule has 1 aromatic carbocycles. The fourth-order valence-corrected chi connectivity index (χ4v) is 2.65. The van der Waals surface area contributed by atoms with Crippen LogP contribution in [0.25, 0.3) is 0 Å². The minimum atomic E-state index is 0.159.